The lowest BCUT2D eigenvalue weighted by atomic mass is 9.95. The van der Waals surface area contributed by atoms with E-state index in [4.69, 9.17) is 0 Å². The molecule has 0 radical (unpaired) electrons. The second kappa shape index (κ2) is 8.13. The summed E-state index contributed by atoms with van der Waals surface area (Å²) in [6.45, 7) is 15.3. The van der Waals surface area contributed by atoms with Crippen molar-refractivity contribution in [1.82, 2.24) is 10.2 Å². The average Bonchev–Trinajstić information content (AvgIpc) is 2.88. The van der Waals surface area contributed by atoms with Crippen molar-refractivity contribution in [2.75, 3.05) is 32.8 Å². The Morgan fingerprint density at radius 2 is 1.90 bits per heavy atom. The monoisotopic (exact) mass is 298 g/mol. The highest BCUT2D eigenvalue weighted by atomic mass is 32.1. The number of thiophene rings is 1. The number of hydrogen-bond donors (Lipinski definition) is 2. The van der Waals surface area contributed by atoms with E-state index in [1.54, 1.807) is 11.3 Å². The van der Waals surface area contributed by atoms with Gasteiger partial charge in [0.25, 0.3) is 0 Å². The van der Waals surface area contributed by atoms with Gasteiger partial charge in [0.05, 0.1) is 12.6 Å². The van der Waals surface area contributed by atoms with Crippen LogP contribution in [0, 0.1) is 0 Å². The second-order valence-corrected chi connectivity index (χ2v) is 7.28. The fraction of sp³-hybridized carbons (Fsp3) is 0.750. The SMILES string of the molecule is CCN(CC)CCNC(CO)c1ccc(C(C)(C)C)s1. The van der Waals surface area contributed by atoms with Gasteiger partial charge in [-0.3, -0.25) is 0 Å². The second-order valence-electron chi connectivity index (χ2n) is 6.17. The Bertz CT molecular complexity index is 380. The minimum atomic E-state index is 0.0617. The maximum absolute atomic E-state index is 9.60. The van der Waals surface area contributed by atoms with Gasteiger partial charge in [-0.05, 0) is 30.6 Å². The zero-order chi connectivity index (χ0) is 15.2. The summed E-state index contributed by atoms with van der Waals surface area (Å²) in [6.07, 6.45) is 0. The molecule has 1 unspecified atom stereocenters. The highest BCUT2D eigenvalue weighted by Gasteiger charge is 2.19. The van der Waals surface area contributed by atoms with Gasteiger partial charge in [-0.1, -0.05) is 34.6 Å². The molecule has 2 N–H and O–H groups in total. The van der Waals surface area contributed by atoms with E-state index in [-0.39, 0.29) is 18.1 Å². The summed E-state index contributed by atoms with van der Waals surface area (Å²) in [7, 11) is 0. The molecule has 4 heteroatoms. The number of nitrogens with one attached hydrogen (secondary N) is 1. The number of aliphatic hydroxyl groups is 1. The first-order chi connectivity index (χ1) is 9.42. The van der Waals surface area contributed by atoms with Crippen molar-refractivity contribution < 1.29 is 5.11 Å². The number of aliphatic hydroxyl groups excluding tert-OH is 1. The molecule has 20 heavy (non-hydrogen) atoms. The van der Waals surface area contributed by atoms with E-state index in [1.165, 1.54) is 9.75 Å². The Hall–Kier alpha value is -0.420. The zero-order valence-corrected chi connectivity index (χ0v) is 14.4. The van der Waals surface area contributed by atoms with Gasteiger partial charge in [-0.2, -0.15) is 0 Å². The minimum Gasteiger partial charge on any atom is -0.394 e. The molecule has 1 aromatic rings. The summed E-state index contributed by atoms with van der Waals surface area (Å²) in [5.41, 5.74) is 0.185. The van der Waals surface area contributed by atoms with Crippen LogP contribution in [0.5, 0.6) is 0 Å². The van der Waals surface area contributed by atoms with E-state index >= 15 is 0 Å². The molecule has 0 saturated heterocycles. The first-order valence-electron chi connectivity index (χ1n) is 7.59. The zero-order valence-electron chi connectivity index (χ0n) is 13.6. The van der Waals surface area contributed by atoms with Crippen molar-refractivity contribution >= 4 is 11.3 Å². The molecule has 0 aliphatic carbocycles. The Morgan fingerprint density at radius 3 is 2.35 bits per heavy atom. The lowest BCUT2D eigenvalue weighted by molar-refractivity contribution is 0.235. The molecule has 0 bridgehead atoms. The van der Waals surface area contributed by atoms with Crippen molar-refractivity contribution in [2.45, 2.75) is 46.1 Å². The van der Waals surface area contributed by atoms with E-state index in [1.807, 2.05) is 0 Å². The van der Waals surface area contributed by atoms with Crippen molar-refractivity contribution in [1.29, 1.82) is 0 Å². The molecule has 0 spiro atoms. The summed E-state index contributed by atoms with van der Waals surface area (Å²) in [4.78, 5) is 4.99. The van der Waals surface area contributed by atoms with Gasteiger partial charge in [0.15, 0.2) is 0 Å². The topological polar surface area (TPSA) is 35.5 Å². The van der Waals surface area contributed by atoms with E-state index in [2.05, 4.69) is 57.0 Å². The number of rotatable bonds is 8. The van der Waals surface area contributed by atoms with E-state index in [9.17, 15) is 5.11 Å². The lowest BCUT2D eigenvalue weighted by Gasteiger charge is -2.21. The minimum absolute atomic E-state index is 0.0617. The molecular weight excluding hydrogens is 268 g/mol. The fourth-order valence-electron chi connectivity index (χ4n) is 2.14. The molecule has 1 aromatic heterocycles. The summed E-state index contributed by atoms with van der Waals surface area (Å²) < 4.78 is 0. The van der Waals surface area contributed by atoms with E-state index in [0.717, 1.165) is 26.2 Å². The van der Waals surface area contributed by atoms with Crippen LogP contribution in [0.3, 0.4) is 0 Å². The summed E-state index contributed by atoms with van der Waals surface area (Å²) in [6, 6.07) is 4.40. The predicted octanol–water partition coefficient (Wildman–Crippen LogP) is 3.01. The summed E-state index contributed by atoms with van der Waals surface area (Å²) in [5, 5.41) is 13.1. The van der Waals surface area contributed by atoms with Crippen LogP contribution < -0.4 is 5.32 Å². The van der Waals surface area contributed by atoms with Gasteiger partial charge in [-0.25, -0.2) is 0 Å². The van der Waals surface area contributed by atoms with Crippen LogP contribution in [0.25, 0.3) is 0 Å². The molecular formula is C16H30N2OS. The van der Waals surface area contributed by atoms with Crippen molar-refractivity contribution in [2.24, 2.45) is 0 Å². The van der Waals surface area contributed by atoms with Crippen LogP contribution in [-0.2, 0) is 5.41 Å². The van der Waals surface area contributed by atoms with Crippen LogP contribution in [0.15, 0.2) is 12.1 Å². The molecule has 1 rings (SSSR count). The van der Waals surface area contributed by atoms with Gasteiger partial charge in [0.1, 0.15) is 0 Å². The van der Waals surface area contributed by atoms with Gasteiger partial charge in [0, 0.05) is 22.8 Å². The van der Waals surface area contributed by atoms with Gasteiger partial charge in [-0.15, -0.1) is 11.3 Å². The molecule has 116 valence electrons. The van der Waals surface area contributed by atoms with E-state index in [0.29, 0.717) is 0 Å². The first kappa shape index (κ1) is 17.6. The standard InChI is InChI=1S/C16H30N2OS/c1-6-18(7-2)11-10-17-13(12-19)14-8-9-15(20-14)16(3,4)5/h8-9,13,17,19H,6-7,10-12H2,1-5H3. The van der Waals surface area contributed by atoms with Crippen LogP contribution >= 0.6 is 11.3 Å². The maximum Gasteiger partial charge on any atom is 0.0650 e. The highest BCUT2D eigenvalue weighted by Crippen LogP contribution is 2.32. The third kappa shape index (κ3) is 5.17. The number of nitrogens with zero attached hydrogens (tertiary/aromatic N) is 1. The first-order valence-corrected chi connectivity index (χ1v) is 8.40. The smallest absolute Gasteiger partial charge is 0.0650 e. The summed E-state index contributed by atoms with van der Waals surface area (Å²) in [5.74, 6) is 0. The Morgan fingerprint density at radius 1 is 1.25 bits per heavy atom. The number of likely N-dealkylation sites (N-methyl/N-ethyl adjacent to an activating group) is 1. The van der Waals surface area contributed by atoms with Crippen molar-refractivity contribution in [3.05, 3.63) is 21.9 Å². The lowest BCUT2D eigenvalue weighted by Crippen LogP contribution is -2.34. The highest BCUT2D eigenvalue weighted by molar-refractivity contribution is 7.12. The van der Waals surface area contributed by atoms with Crippen LogP contribution in [-0.4, -0.2) is 42.8 Å². The van der Waals surface area contributed by atoms with Crippen LogP contribution in [0.4, 0.5) is 0 Å². The molecule has 3 nitrogen and oxygen atoms in total. The number of hydrogen-bond acceptors (Lipinski definition) is 4. The molecule has 0 aliphatic rings. The quantitative estimate of drug-likeness (QED) is 0.774. The Kier molecular flexibility index (Phi) is 7.17. The normalized spacial score (nSPS) is 13.9. The molecule has 1 heterocycles. The maximum atomic E-state index is 9.60. The average molecular weight is 298 g/mol. The molecule has 0 aliphatic heterocycles. The third-order valence-electron chi connectivity index (χ3n) is 3.61. The predicted molar refractivity (Wildman–Crippen MR) is 88.6 cm³/mol. The van der Waals surface area contributed by atoms with Gasteiger partial charge in [0.2, 0.25) is 0 Å². The Balaban J connectivity index is 2.56. The molecule has 0 saturated carbocycles. The molecule has 0 amide bonds. The fourth-order valence-corrected chi connectivity index (χ4v) is 3.27. The summed E-state index contributed by atoms with van der Waals surface area (Å²) >= 11 is 1.81. The molecule has 1 atom stereocenters. The van der Waals surface area contributed by atoms with Crippen LogP contribution in [0.2, 0.25) is 0 Å². The van der Waals surface area contributed by atoms with Crippen LogP contribution in [0.1, 0.15) is 50.4 Å². The van der Waals surface area contributed by atoms with E-state index < -0.39 is 0 Å². The van der Waals surface area contributed by atoms with Crippen molar-refractivity contribution in [3.8, 4) is 0 Å². The van der Waals surface area contributed by atoms with Gasteiger partial charge >= 0.3 is 0 Å². The third-order valence-corrected chi connectivity index (χ3v) is 5.23. The van der Waals surface area contributed by atoms with Crippen molar-refractivity contribution in [3.63, 3.8) is 0 Å². The largest absolute Gasteiger partial charge is 0.394 e. The Labute approximate surface area is 128 Å². The molecule has 0 aromatic carbocycles. The molecule has 0 fully saturated rings. The van der Waals surface area contributed by atoms with Gasteiger partial charge < -0.3 is 15.3 Å².